The number of amides is 2. The fourth-order valence-electron chi connectivity index (χ4n) is 2.90. The van der Waals surface area contributed by atoms with Crippen LogP contribution in [0.4, 0.5) is 5.69 Å². The van der Waals surface area contributed by atoms with Gasteiger partial charge in [-0.2, -0.15) is 0 Å². The molecule has 2 aliphatic rings. The molecule has 6 heteroatoms. The van der Waals surface area contributed by atoms with Gasteiger partial charge in [0.1, 0.15) is 10.7 Å². The summed E-state index contributed by atoms with van der Waals surface area (Å²) in [6, 6.07) is 7.55. The molecule has 0 aliphatic carbocycles. The third-order valence-electron chi connectivity index (χ3n) is 3.95. The Labute approximate surface area is 134 Å². The second-order valence-electron chi connectivity index (χ2n) is 5.75. The predicted octanol–water partition coefficient (Wildman–Crippen LogP) is 1.61. The van der Waals surface area contributed by atoms with Crippen molar-refractivity contribution in [1.29, 1.82) is 0 Å². The summed E-state index contributed by atoms with van der Waals surface area (Å²) in [4.78, 5) is 28.2. The summed E-state index contributed by atoms with van der Waals surface area (Å²) in [5.74, 6) is -0.784. The van der Waals surface area contributed by atoms with E-state index in [4.69, 9.17) is 11.6 Å². The van der Waals surface area contributed by atoms with Gasteiger partial charge in [-0.15, -0.1) is 0 Å². The van der Waals surface area contributed by atoms with E-state index in [2.05, 4.69) is 5.32 Å². The van der Waals surface area contributed by atoms with E-state index in [1.807, 2.05) is 36.9 Å². The van der Waals surface area contributed by atoms with Crippen molar-refractivity contribution in [2.45, 2.75) is 19.9 Å². The zero-order valence-corrected chi connectivity index (χ0v) is 13.4. The van der Waals surface area contributed by atoms with Crippen LogP contribution in [0.2, 0.25) is 0 Å². The summed E-state index contributed by atoms with van der Waals surface area (Å²) in [7, 11) is 0. The Balaban J connectivity index is 1.93. The van der Waals surface area contributed by atoms with Crippen molar-refractivity contribution >= 4 is 29.1 Å². The predicted molar refractivity (Wildman–Crippen MR) is 85.6 cm³/mol. The number of benzene rings is 1. The van der Waals surface area contributed by atoms with E-state index in [1.165, 1.54) is 0 Å². The number of piperazine rings is 1. The summed E-state index contributed by atoms with van der Waals surface area (Å²) < 4.78 is 0. The molecule has 22 heavy (non-hydrogen) atoms. The minimum absolute atomic E-state index is 0.0145. The molecular formula is C16H18ClN3O2. The topological polar surface area (TPSA) is 52.7 Å². The molecule has 0 saturated carbocycles. The lowest BCUT2D eigenvalue weighted by Crippen LogP contribution is -2.50. The number of anilines is 1. The van der Waals surface area contributed by atoms with Crippen molar-refractivity contribution in [1.82, 2.24) is 10.2 Å². The molecule has 5 nitrogen and oxygen atoms in total. The number of nitrogens with zero attached hydrogens (tertiary/aromatic N) is 2. The standard InChI is InChI=1S/C16H18ClN3O2/c1-10-4-3-5-12(8-10)20-15(21)13(17)14(16(20)22)19-7-6-18-11(2)9-19/h3-5,8,11,18H,6-7,9H2,1-2H3/t11-/m0/s1. The van der Waals surface area contributed by atoms with Crippen LogP contribution < -0.4 is 10.2 Å². The third-order valence-corrected chi connectivity index (χ3v) is 4.29. The van der Waals surface area contributed by atoms with Crippen LogP contribution in [0.5, 0.6) is 0 Å². The molecule has 0 bridgehead atoms. The third kappa shape index (κ3) is 2.51. The zero-order chi connectivity index (χ0) is 15.9. The van der Waals surface area contributed by atoms with E-state index < -0.39 is 5.91 Å². The van der Waals surface area contributed by atoms with Crippen LogP contribution in [-0.4, -0.2) is 42.4 Å². The van der Waals surface area contributed by atoms with Gasteiger partial charge in [0.25, 0.3) is 11.8 Å². The van der Waals surface area contributed by atoms with Gasteiger partial charge in [0, 0.05) is 25.7 Å². The lowest BCUT2D eigenvalue weighted by molar-refractivity contribution is -0.121. The summed E-state index contributed by atoms with van der Waals surface area (Å²) >= 11 is 6.19. The van der Waals surface area contributed by atoms with E-state index >= 15 is 0 Å². The highest BCUT2D eigenvalue weighted by molar-refractivity contribution is 6.52. The monoisotopic (exact) mass is 319 g/mol. The van der Waals surface area contributed by atoms with Crippen molar-refractivity contribution in [2.75, 3.05) is 24.5 Å². The van der Waals surface area contributed by atoms with Crippen molar-refractivity contribution in [3.8, 4) is 0 Å². The number of halogens is 1. The smallest absolute Gasteiger partial charge is 0.283 e. The van der Waals surface area contributed by atoms with Gasteiger partial charge in [-0.25, -0.2) is 4.90 Å². The lowest BCUT2D eigenvalue weighted by Gasteiger charge is -2.33. The molecule has 0 unspecified atom stereocenters. The van der Waals surface area contributed by atoms with Crippen molar-refractivity contribution < 1.29 is 9.59 Å². The van der Waals surface area contributed by atoms with Gasteiger partial charge in [0.05, 0.1) is 5.69 Å². The van der Waals surface area contributed by atoms with Crippen molar-refractivity contribution in [3.63, 3.8) is 0 Å². The van der Waals surface area contributed by atoms with Crippen LogP contribution >= 0.6 is 11.6 Å². The summed E-state index contributed by atoms with van der Waals surface area (Å²) in [5.41, 5.74) is 1.87. The van der Waals surface area contributed by atoms with Crippen LogP contribution in [0, 0.1) is 6.92 Å². The number of carbonyl (C=O) groups is 2. The molecule has 1 saturated heterocycles. The maximum Gasteiger partial charge on any atom is 0.283 e. The molecule has 0 radical (unpaired) electrons. The number of hydrogen-bond donors (Lipinski definition) is 1. The summed E-state index contributed by atoms with van der Waals surface area (Å²) in [5, 5.41) is 3.32. The number of aryl methyl sites for hydroxylation is 1. The Morgan fingerprint density at radius 1 is 1.27 bits per heavy atom. The molecule has 2 aliphatic heterocycles. The van der Waals surface area contributed by atoms with Gasteiger partial charge in [-0.1, -0.05) is 23.7 Å². The first kappa shape index (κ1) is 15.1. The average Bonchev–Trinajstić information content (AvgIpc) is 2.69. The normalized spacial score (nSPS) is 22.8. The minimum atomic E-state index is -0.446. The van der Waals surface area contributed by atoms with Crippen LogP contribution in [-0.2, 0) is 9.59 Å². The highest BCUT2D eigenvalue weighted by Gasteiger charge is 2.41. The number of imide groups is 1. The number of hydrogen-bond acceptors (Lipinski definition) is 4. The minimum Gasteiger partial charge on any atom is -0.363 e. The van der Waals surface area contributed by atoms with E-state index in [1.54, 1.807) is 6.07 Å². The molecule has 2 amide bonds. The average molecular weight is 320 g/mol. The van der Waals surface area contributed by atoms with Crippen LogP contribution in [0.15, 0.2) is 35.0 Å². The van der Waals surface area contributed by atoms with Gasteiger partial charge in [0.2, 0.25) is 0 Å². The first-order valence-corrected chi connectivity index (χ1v) is 7.70. The van der Waals surface area contributed by atoms with Crippen LogP contribution in [0.3, 0.4) is 0 Å². The molecule has 1 fully saturated rings. The molecule has 1 aromatic rings. The van der Waals surface area contributed by atoms with Crippen molar-refractivity contribution in [2.24, 2.45) is 0 Å². The summed E-state index contributed by atoms with van der Waals surface area (Å²) in [6.07, 6.45) is 0. The van der Waals surface area contributed by atoms with Gasteiger partial charge in [-0.3, -0.25) is 9.59 Å². The Morgan fingerprint density at radius 3 is 2.73 bits per heavy atom. The highest BCUT2D eigenvalue weighted by atomic mass is 35.5. The number of carbonyl (C=O) groups excluding carboxylic acids is 2. The van der Waals surface area contributed by atoms with Gasteiger partial charge in [-0.05, 0) is 31.5 Å². The Morgan fingerprint density at radius 2 is 2.05 bits per heavy atom. The number of nitrogens with one attached hydrogen (secondary N) is 1. The Bertz CT molecular complexity index is 671. The number of rotatable bonds is 2. The first-order chi connectivity index (χ1) is 10.5. The summed E-state index contributed by atoms with van der Waals surface area (Å²) in [6.45, 7) is 6.05. The quantitative estimate of drug-likeness (QED) is 0.842. The second-order valence-corrected chi connectivity index (χ2v) is 6.13. The van der Waals surface area contributed by atoms with Gasteiger partial charge in [0.15, 0.2) is 0 Å². The maximum absolute atomic E-state index is 12.7. The molecule has 2 heterocycles. The zero-order valence-electron chi connectivity index (χ0n) is 12.6. The molecule has 3 rings (SSSR count). The second kappa shape index (κ2) is 5.74. The largest absolute Gasteiger partial charge is 0.363 e. The molecule has 1 atom stereocenters. The molecular weight excluding hydrogens is 302 g/mol. The van der Waals surface area contributed by atoms with E-state index in [9.17, 15) is 9.59 Å². The molecule has 0 aromatic heterocycles. The van der Waals surface area contributed by atoms with Crippen LogP contribution in [0.1, 0.15) is 12.5 Å². The van der Waals surface area contributed by atoms with Crippen LogP contribution in [0.25, 0.3) is 0 Å². The molecule has 1 aromatic carbocycles. The fourth-order valence-corrected chi connectivity index (χ4v) is 3.19. The molecule has 1 N–H and O–H groups in total. The first-order valence-electron chi connectivity index (χ1n) is 7.32. The Hall–Kier alpha value is -1.85. The van der Waals surface area contributed by atoms with Crippen molar-refractivity contribution in [3.05, 3.63) is 40.6 Å². The Kier molecular flexibility index (Phi) is 3.93. The van der Waals surface area contributed by atoms with Gasteiger partial charge < -0.3 is 10.2 Å². The molecule has 0 spiro atoms. The van der Waals surface area contributed by atoms with Gasteiger partial charge >= 0.3 is 0 Å². The van der Waals surface area contributed by atoms with E-state index in [-0.39, 0.29) is 17.0 Å². The SMILES string of the molecule is Cc1cccc(N2C(=O)C(Cl)=C(N3CCN[C@@H](C)C3)C2=O)c1. The lowest BCUT2D eigenvalue weighted by atomic mass is 10.2. The highest BCUT2D eigenvalue weighted by Crippen LogP contribution is 2.31. The van der Waals surface area contributed by atoms with E-state index in [0.717, 1.165) is 17.0 Å². The maximum atomic E-state index is 12.7. The van der Waals surface area contributed by atoms with E-state index in [0.29, 0.717) is 24.5 Å². The molecule has 116 valence electrons. The fraction of sp³-hybridized carbons (Fsp3) is 0.375.